The molecule has 2 heteroatoms. The van der Waals surface area contributed by atoms with Crippen LogP contribution in [-0.4, -0.2) is 4.98 Å². The second-order valence-electron chi connectivity index (χ2n) is 3.72. The zero-order valence-electron chi connectivity index (χ0n) is 9.03. The zero-order chi connectivity index (χ0) is 10.7. The molecule has 1 heterocycles. The molecule has 0 fully saturated rings. The standard InChI is InChI=1S/C13H16N2/c1-2-4-10-5-3-6-12-11(10)7-8-15-13(12)9-14/h3,5-8H,2,4,9,14H2,1H3. The molecule has 0 saturated carbocycles. The van der Waals surface area contributed by atoms with Crippen molar-refractivity contribution in [1.82, 2.24) is 4.98 Å². The predicted molar refractivity (Wildman–Crippen MR) is 63.6 cm³/mol. The third kappa shape index (κ3) is 1.85. The van der Waals surface area contributed by atoms with Crippen molar-refractivity contribution in [2.45, 2.75) is 26.3 Å². The molecule has 2 N–H and O–H groups in total. The van der Waals surface area contributed by atoms with Gasteiger partial charge in [-0.1, -0.05) is 31.5 Å². The Hall–Kier alpha value is -1.41. The largest absolute Gasteiger partial charge is 0.325 e. The number of aromatic nitrogens is 1. The number of hydrogen-bond donors (Lipinski definition) is 1. The van der Waals surface area contributed by atoms with Crippen LogP contribution in [-0.2, 0) is 13.0 Å². The molecule has 15 heavy (non-hydrogen) atoms. The summed E-state index contributed by atoms with van der Waals surface area (Å²) in [5.74, 6) is 0. The van der Waals surface area contributed by atoms with E-state index in [1.807, 2.05) is 6.20 Å². The van der Waals surface area contributed by atoms with Gasteiger partial charge >= 0.3 is 0 Å². The molecule has 2 rings (SSSR count). The van der Waals surface area contributed by atoms with Crippen molar-refractivity contribution in [3.8, 4) is 0 Å². The van der Waals surface area contributed by atoms with E-state index in [0.717, 1.165) is 12.1 Å². The van der Waals surface area contributed by atoms with Crippen molar-refractivity contribution >= 4 is 10.8 Å². The lowest BCUT2D eigenvalue weighted by Gasteiger charge is -2.07. The Morgan fingerprint density at radius 1 is 1.20 bits per heavy atom. The van der Waals surface area contributed by atoms with Gasteiger partial charge in [0.2, 0.25) is 0 Å². The number of benzene rings is 1. The first kappa shape index (κ1) is 10.1. The minimum Gasteiger partial charge on any atom is -0.325 e. The Balaban J connectivity index is 2.65. The molecule has 0 aliphatic heterocycles. The molecule has 1 aromatic heterocycles. The topological polar surface area (TPSA) is 38.9 Å². The van der Waals surface area contributed by atoms with E-state index in [9.17, 15) is 0 Å². The average molecular weight is 200 g/mol. The summed E-state index contributed by atoms with van der Waals surface area (Å²) in [4.78, 5) is 4.30. The van der Waals surface area contributed by atoms with Gasteiger partial charge in [-0.05, 0) is 23.4 Å². The Labute approximate surface area is 90.1 Å². The summed E-state index contributed by atoms with van der Waals surface area (Å²) in [6, 6.07) is 8.46. The molecule has 78 valence electrons. The van der Waals surface area contributed by atoms with Gasteiger partial charge in [-0.2, -0.15) is 0 Å². The lowest BCUT2D eigenvalue weighted by molar-refractivity contribution is 0.928. The van der Waals surface area contributed by atoms with E-state index in [-0.39, 0.29) is 0 Å². The summed E-state index contributed by atoms with van der Waals surface area (Å²) in [6.45, 7) is 2.71. The quantitative estimate of drug-likeness (QED) is 0.827. The van der Waals surface area contributed by atoms with Crippen LogP contribution in [0.1, 0.15) is 24.6 Å². The van der Waals surface area contributed by atoms with E-state index in [0.29, 0.717) is 6.54 Å². The number of nitrogens with zero attached hydrogens (tertiary/aromatic N) is 1. The predicted octanol–water partition coefficient (Wildman–Crippen LogP) is 2.65. The fraction of sp³-hybridized carbons (Fsp3) is 0.308. The van der Waals surface area contributed by atoms with E-state index < -0.39 is 0 Å². The van der Waals surface area contributed by atoms with Crippen molar-refractivity contribution in [2.75, 3.05) is 0 Å². The first-order chi connectivity index (χ1) is 7.36. The third-order valence-electron chi connectivity index (χ3n) is 2.69. The Kier molecular flexibility index (Phi) is 2.97. The molecule has 2 nitrogen and oxygen atoms in total. The number of fused-ring (bicyclic) bond motifs is 1. The molecule has 0 aliphatic carbocycles. The monoisotopic (exact) mass is 200 g/mol. The summed E-state index contributed by atoms with van der Waals surface area (Å²) in [5.41, 5.74) is 8.06. The number of aryl methyl sites for hydroxylation is 1. The fourth-order valence-corrected chi connectivity index (χ4v) is 1.98. The van der Waals surface area contributed by atoms with Gasteiger partial charge in [0.15, 0.2) is 0 Å². The van der Waals surface area contributed by atoms with Gasteiger partial charge < -0.3 is 5.73 Å². The molecular formula is C13H16N2. The van der Waals surface area contributed by atoms with Gasteiger partial charge in [0.25, 0.3) is 0 Å². The van der Waals surface area contributed by atoms with Crippen molar-refractivity contribution in [3.05, 3.63) is 41.7 Å². The lowest BCUT2D eigenvalue weighted by Crippen LogP contribution is -2.00. The minimum atomic E-state index is 0.507. The summed E-state index contributed by atoms with van der Waals surface area (Å²) >= 11 is 0. The van der Waals surface area contributed by atoms with Crippen LogP contribution in [0.25, 0.3) is 10.8 Å². The summed E-state index contributed by atoms with van der Waals surface area (Å²) in [7, 11) is 0. The maximum Gasteiger partial charge on any atom is 0.0617 e. The van der Waals surface area contributed by atoms with Crippen molar-refractivity contribution in [3.63, 3.8) is 0 Å². The van der Waals surface area contributed by atoms with E-state index in [1.165, 1.54) is 22.8 Å². The van der Waals surface area contributed by atoms with Crippen molar-refractivity contribution < 1.29 is 0 Å². The molecule has 0 saturated heterocycles. The Morgan fingerprint density at radius 2 is 2.07 bits per heavy atom. The number of rotatable bonds is 3. The second-order valence-corrected chi connectivity index (χ2v) is 3.72. The van der Waals surface area contributed by atoms with E-state index in [2.05, 4.69) is 36.2 Å². The molecule has 0 unspecified atom stereocenters. The average Bonchev–Trinajstić information content (AvgIpc) is 2.29. The van der Waals surface area contributed by atoms with Crippen molar-refractivity contribution in [2.24, 2.45) is 5.73 Å². The molecule has 0 aliphatic rings. The van der Waals surface area contributed by atoms with Gasteiger partial charge in [-0.25, -0.2) is 0 Å². The minimum absolute atomic E-state index is 0.507. The molecule has 2 aromatic rings. The number of nitrogens with two attached hydrogens (primary N) is 1. The molecule has 0 bridgehead atoms. The van der Waals surface area contributed by atoms with Crippen LogP contribution >= 0.6 is 0 Å². The molecule has 0 amide bonds. The maximum absolute atomic E-state index is 5.68. The van der Waals surface area contributed by atoms with E-state index in [4.69, 9.17) is 5.73 Å². The van der Waals surface area contributed by atoms with Crippen LogP contribution in [0.3, 0.4) is 0 Å². The third-order valence-corrected chi connectivity index (χ3v) is 2.69. The normalized spacial score (nSPS) is 10.8. The van der Waals surface area contributed by atoms with E-state index >= 15 is 0 Å². The molecule has 1 aromatic carbocycles. The number of hydrogen-bond acceptors (Lipinski definition) is 2. The SMILES string of the molecule is CCCc1cccc2c(CN)nccc12. The summed E-state index contributed by atoms with van der Waals surface area (Å²) in [5, 5.41) is 2.50. The van der Waals surface area contributed by atoms with Crippen LogP contribution in [0, 0.1) is 0 Å². The first-order valence-corrected chi connectivity index (χ1v) is 5.42. The zero-order valence-corrected chi connectivity index (χ0v) is 9.03. The van der Waals surface area contributed by atoms with Crippen LogP contribution in [0.5, 0.6) is 0 Å². The highest BCUT2D eigenvalue weighted by atomic mass is 14.7. The maximum atomic E-state index is 5.68. The number of pyridine rings is 1. The highest BCUT2D eigenvalue weighted by Gasteiger charge is 2.03. The van der Waals surface area contributed by atoms with Crippen LogP contribution in [0.2, 0.25) is 0 Å². The smallest absolute Gasteiger partial charge is 0.0617 e. The highest BCUT2D eigenvalue weighted by molar-refractivity contribution is 5.87. The second kappa shape index (κ2) is 4.41. The van der Waals surface area contributed by atoms with Gasteiger partial charge in [-0.3, -0.25) is 4.98 Å². The van der Waals surface area contributed by atoms with Crippen LogP contribution in [0.4, 0.5) is 0 Å². The Bertz CT molecular complexity index is 463. The first-order valence-electron chi connectivity index (χ1n) is 5.42. The highest BCUT2D eigenvalue weighted by Crippen LogP contribution is 2.21. The van der Waals surface area contributed by atoms with E-state index in [1.54, 1.807) is 0 Å². The van der Waals surface area contributed by atoms with Gasteiger partial charge in [-0.15, -0.1) is 0 Å². The molecule has 0 radical (unpaired) electrons. The summed E-state index contributed by atoms with van der Waals surface area (Å²) < 4.78 is 0. The fourth-order valence-electron chi connectivity index (χ4n) is 1.98. The van der Waals surface area contributed by atoms with Crippen molar-refractivity contribution in [1.29, 1.82) is 0 Å². The molecular weight excluding hydrogens is 184 g/mol. The van der Waals surface area contributed by atoms with Gasteiger partial charge in [0.1, 0.15) is 0 Å². The van der Waals surface area contributed by atoms with Gasteiger partial charge in [0, 0.05) is 18.1 Å². The lowest BCUT2D eigenvalue weighted by atomic mass is 10.0. The molecule has 0 atom stereocenters. The summed E-state index contributed by atoms with van der Waals surface area (Å²) in [6.07, 6.45) is 4.13. The Morgan fingerprint density at radius 3 is 2.80 bits per heavy atom. The van der Waals surface area contributed by atoms with Crippen LogP contribution in [0.15, 0.2) is 30.5 Å². The molecule has 0 spiro atoms. The van der Waals surface area contributed by atoms with Gasteiger partial charge in [0.05, 0.1) is 5.69 Å². The van der Waals surface area contributed by atoms with Crippen LogP contribution < -0.4 is 5.73 Å².